The van der Waals surface area contributed by atoms with Gasteiger partial charge in [0, 0.05) is 127 Å². The molecule has 3 fully saturated rings. The summed E-state index contributed by atoms with van der Waals surface area (Å²) in [5.74, 6) is -8.92. The highest BCUT2D eigenvalue weighted by molar-refractivity contribution is 7.91. The van der Waals surface area contributed by atoms with Gasteiger partial charge in [-0.2, -0.15) is 0 Å². The van der Waals surface area contributed by atoms with Gasteiger partial charge in [-0.3, -0.25) is 28.8 Å². The zero-order valence-corrected chi connectivity index (χ0v) is 80.8. The lowest BCUT2D eigenvalue weighted by Gasteiger charge is -2.43. The molecule has 2 saturated heterocycles. The number of aromatic nitrogens is 1. The Bertz CT molecular complexity index is 4300. The van der Waals surface area contributed by atoms with E-state index < -0.39 is 122 Å². The predicted octanol–water partition coefficient (Wildman–Crippen LogP) is 11.8. The number of sulfone groups is 1. The summed E-state index contributed by atoms with van der Waals surface area (Å²) in [6, 6.07) is 10.5. The number of pyridine rings is 1. The van der Waals surface area contributed by atoms with E-state index in [9.17, 15) is 57.3 Å². The molecule has 5 aliphatic rings. The number of nitrogens with two attached hydrogens (primary N) is 1. The molecular weight excluding hydrogens is 1730 g/mol. The Morgan fingerprint density at radius 3 is 1.97 bits per heavy atom. The lowest BCUT2D eigenvalue weighted by Crippen LogP contribution is -2.61. The summed E-state index contributed by atoms with van der Waals surface area (Å²) >= 11 is 0. The van der Waals surface area contributed by atoms with Crippen molar-refractivity contribution in [3.8, 4) is 16.9 Å². The Morgan fingerprint density at radius 1 is 0.682 bits per heavy atom. The molecule has 2 aromatic carbocycles. The minimum absolute atomic E-state index is 0.0100. The quantitative estimate of drug-likeness (QED) is 0.0177. The summed E-state index contributed by atoms with van der Waals surface area (Å²) in [4.78, 5) is 103. The Balaban J connectivity index is 0.000000405. The van der Waals surface area contributed by atoms with Crippen molar-refractivity contribution in [1.82, 2.24) is 14.8 Å². The highest BCUT2D eigenvalue weighted by Crippen LogP contribution is 2.40. The van der Waals surface area contributed by atoms with Crippen molar-refractivity contribution in [3.05, 3.63) is 119 Å². The maximum atomic E-state index is 15.6. The molecule has 0 unspecified atom stereocenters. The number of fused-ring (bicyclic) bond motifs is 4. The number of methoxy groups -OCH3 is 3. The number of hydrogen-bond acceptors (Lipinski definition) is 29. The van der Waals surface area contributed by atoms with Crippen molar-refractivity contribution in [1.29, 1.82) is 0 Å². The lowest BCUT2D eigenvalue weighted by molar-refractivity contribution is -0.265. The number of piperidine rings is 1. The summed E-state index contributed by atoms with van der Waals surface area (Å²) in [7, 11) is 0.507. The molecule has 5 heterocycles. The lowest BCUT2D eigenvalue weighted by atomic mass is 9.78. The number of benzene rings is 2. The van der Waals surface area contributed by atoms with Gasteiger partial charge in [0.2, 0.25) is 5.79 Å². The van der Waals surface area contributed by atoms with E-state index in [-0.39, 0.29) is 124 Å². The first-order valence-corrected chi connectivity index (χ1v) is 48.7. The number of ether oxygens (including phenoxy) is 15. The van der Waals surface area contributed by atoms with Crippen LogP contribution in [0.4, 0.5) is 10.2 Å². The molecule has 5 N–H and O–H groups in total. The summed E-state index contributed by atoms with van der Waals surface area (Å²) in [6.45, 7) is 26.2. The SMILES string of the molecule is CCOCCOCCOCCOCCC(=O)CCCS(=O)(=O)c1ccc(C(=O)N2CCOc3ccc(-c4ccc(N)nc4)cc3C2)c(C)c1F.CCOCCOCCOCCOCCCC(=O)O[C@@H]1CC[C@@H](C[C@@H](C)[C@@H]2C[C@@H](O)[C@H](C)/C=C(\C)[C@@H](O)[C@@H](OC)C(=O)[C@H](C)C[C@H](C)/C=C/C=C/C=C(\C)[C@@H](OC)C[C@@H]3CC[C@@H](C)[C@@](O)(O3)C(=O)C(=O)N3CCCC[C@H]3C(=O)O2)C[C@H]1OC. The van der Waals surface area contributed by atoms with Gasteiger partial charge in [-0.05, 0) is 188 Å². The first kappa shape index (κ1) is 111. The number of nitrogen functional groups attached to an aromatic ring is 1. The average molecular weight is 1880 g/mol. The fourth-order valence-corrected chi connectivity index (χ4v) is 18.5. The van der Waals surface area contributed by atoms with Crippen LogP contribution in [0.3, 0.4) is 0 Å². The Morgan fingerprint density at radius 2 is 1.33 bits per heavy atom. The van der Waals surface area contributed by atoms with Gasteiger partial charge in [-0.1, -0.05) is 77.1 Å². The van der Waals surface area contributed by atoms with Crippen LogP contribution in [0.15, 0.2) is 101 Å². The fraction of sp³-hybridized carbons (Fsp3) is 0.677. The predicted molar refractivity (Wildman–Crippen MR) is 494 cm³/mol. The van der Waals surface area contributed by atoms with Gasteiger partial charge in [0.05, 0.1) is 123 Å². The van der Waals surface area contributed by atoms with Crippen LogP contribution in [0, 0.1) is 48.2 Å². The second-order valence-electron chi connectivity index (χ2n) is 35.1. The number of aliphatic hydroxyl groups is 3. The van der Waals surface area contributed by atoms with Gasteiger partial charge >= 0.3 is 11.9 Å². The first-order valence-electron chi connectivity index (χ1n) is 47.1. The fourth-order valence-electron chi connectivity index (χ4n) is 17.0. The number of cyclic esters (lactones) is 1. The van der Waals surface area contributed by atoms with Gasteiger partial charge in [0.1, 0.15) is 65.1 Å². The van der Waals surface area contributed by atoms with Gasteiger partial charge in [-0.15, -0.1) is 0 Å². The van der Waals surface area contributed by atoms with Crippen molar-refractivity contribution < 1.29 is 133 Å². The van der Waals surface area contributed by atoms with Gasteiger partial charge < -0.3 is 102 Å². The molecule has 31 nitrogen and oxygen atoms in total. The molecule has 16 atom stereocenters. The number of hydrogen-bond donors (Lipinski definition) is 4. The van der Waals surface area contributed by atoms with Crippen molar-refractivity contribution in [2.45, 2.75) is 250 Å². The number of carbonyl (C=O) groups excluding carboxylic acids is 7. The van der Waals surface area contributed by atoms with Crippen LogP contribution < -0.4 is 10.5 Å². The van der Waals surface area contributed by atoms with Crippen LogP contribution in [0.1, 0.15) is 193 Å². The summed E-state index contributed by atoms with van der Waals surface area (Å²) in [6.07, 6.45) is 12.8. The van der Waals surface area contributed by atoms with Crippen molar-refractivity contribution in [2.24, 2.45) is 35.5 Å². The monoisotopic (exact) mass is 1880 g/mol. The minimum Gasteiger partial charge on any atom is -0.491 e. The second-order valence-corrected chi connectivity index (χ2v) is 37.1. The van der Waals surface area contributed by atoms with Crippen molar-refractivity contribution in [2.75, 3.05) is 158 Å². The molecule has 0 radical (unpaired) electrons. The molecular formula is C99H149FN4O27S. The van der Waals surface area contributed by atoms with E-state index in [1.807, 2.05) is 96.2 Å². The zero-order valence-electron chi connectivity index (χ0n) is 80.0. The van der Waals surface area contributed by atoms with Gasteiger partial charge in [-0.25, -0.2) is 22.6 Å². The maximum Gasteiger partial charge on any atom is 0.329 e. The summed E-state index contributed by atoms with van der Waals surface area (Å²) in [5.41, 5.74) is 9.51. The molecule has 2 amide bonds. The third-order valence-electron chi connectivity index (χ3n) is 25.0. The molecule has 1 aromatic heterocycles. The summed E-state index contributed by atoms with van der Waals surface area (Å²) < 4.78 is 127. The molecule has 0 spiro atoms. The van der Waals surface area contributed by atoms with Crippen LogP contribution in [-0.2, 0) is 111 Å². The largest absolute Gasteiger partial charge is 0.491 e. The van der Waals surface area contributed by atoms with E-state index in [2.05, 4.69) is 4.98 Å². The smallest absolute Gasteiger partial charge is 0.329 e. The molecule has 4 aliphatic heterocycles. The number of rotatable bonds is 41. The Kier molecular flexibility index (Phi) is 49.5. The number of halogens is 1. The molecule has 2 bridgehead atoms. The van der Waals surface area contributed by atoms with E-state index in [0.29, 0.717) is 187 Å². The van der Waals surface area contributed by atoms with Gasteiger partial charge in [0.15, 0.2) is 15.6 Å². The van der Waals surface area contributed by atoms with E-state index in [1.54, 1.807) is 58.2 Å². The van der Waals surface area contributed by atoms with Crippen LogP contribution in [0.2, 0.25) is 0 Å². The topological polar surface area (TPSA) is 398 Å². The van der Waals surface area contributed by atoms with Gasteiger partial charge in [0.25, 0.3) is 17.6 Å². The first-order chi connectivity index (χ1) is 63.3. The molecule has 132 heavy (non-hydrogen) atoms. The summed E-state index contributed by atoms with van der Waals surface area (Å²) in [5, 5.41) is 35.7. The molecule has 740 valence electrons. The van der Waals surface area contributed by atoms with Crippen LogP contribution in [0.25, 0.3) is 11.1 Å². The van der Waals surface area contributed by atoms with E-state index in [0.717, 1.165) is 28.3 Å². The third-order valence-corrected chi connectivity index (χ3v) is 26.8. The third kappa shape index (κ3) is 35.8. The van der Waals surface area contributed by atoms with E-state index in [1.165, 1.54) is 25.0 Å². The molecule has 8 rings (SSSR count). The number of Topliss-reactive ketones (excluding diaryl/α,β-unsaturated/α-hetero) is 3. The van der Waals surface area contributed by atoms with E-state index >= 15 is 4.39 Å². The highest BCUT2D eigenvalue weighted by Gasteiger charge is 2.53. The van der Waals surface area contributed by atoms with E-state index in [4.69, 9.17) is 76.8 Å². The number of carbonyl (C=O) groups is 7. The zero-order chi connectivity index (χ0) is 96.3. The highest BCUT2D eigenvalue weighted by atomic mass is 32.2. The average Bonchev–Trinajstić information content (AvgIpc) is 0.821. The number of allylic oxidation sites excluding steroid dienone is 5. The normalized spacial score (nSPS) is 26.9. The number of anilines is 1. The Labute approximate surface area is 780 Å². The number of ketones is 3. The molecule has 3 aromatic rings. The van der Waals surface area contributed by atoms with Crippen LogP contribution in [-0.4, -0.2) is 293 Å². The number of amides is 2. The second kappa shape index (κ2) is 58.7. The minimum atomic E-state index is -4.05. The molecule has 1 saturated carbocycles. The van der Waals surface area contributed by atoms with Crippen LogP contribution in [0.5, 0.6) is 5.75 Å². The molecule has 33 heteroatoms. The van der Waals surface area contributed by atoms with Crippen LogP contribution >= 0.6 is 0 Å². The molecule has 1 aliphatic carbocycles. The Hall–Kier alpha value is -7.68. The maximum absolute atomic E-state index is 15.6. The van der Waals surface area contributed by atoms with Crippen molar-refractivity contribution in [3.63, 3.8) is 0 Å². The standard InChI is InChI=1S/C63H103NO18.C36H46FN3O9S/c1-12-76-29-30-78-33-34-79-32-31-77-28-18-22-56(66)80-52-26-24-48(38-55(52)74-10)37-44(5)54-40-51(65)43(4)36-46(7)58(68)59(75-11)57(67)45(6)35-41(2)19-14-13-15-20-42(3)53(73-9)39-49-25-23-47(8)63(72,82-49)60(69)61(70)64-27-17-16-21-50(64)62(71)81-54;1-3-45-16-17-47-20-21-48-19-18-46-14-12-30(41)5-4-22-50(43,44)33-10-8-31(26(2)35(33)37)36(42)40-13-15-49-32-9-6-27(23-29(32)25-40)28-7-11-34(38)39-24-28/h13-15,19-20,36,41,43-45,47-55,58-59,65,68,72H,12,16-18,21-35,37-40H2,1-11H3;6-11,23-24H,3-5,12-22,25H2,1-2H3,(H2,38,39)/b15-13+,19-14+,42-20+,46-36+;/t41-,43-,44-,45-,47-,48+,49+,50+,51-,52-,53+,54+,55-,58-,59+,63-;/m1./s1. The number of esters is 2. The number of nitrogens with zero attached hydrogens (tertiary/aromatic N) is 3. The number of aliphatic hydroxyl groups excluding tert-OH is 2. The van der Waals surface area contributed by atoms with Crippen molar-refractivity contribution >= 4 is 56.8 Å².